The summed E-state index contributed by atoms with van der Waals surface area (Å²) in [5.74, 6) is 0.758. The number of fused-ring (bicyclic) bond motifs is 2. The molecule has 2 saturated carbocycles. The predicted octanol–water partition coefficient (Wildman–Crippen LogP) is 5.70. The van der Waals surface area contributed by atoms with Crippen LogP contribution < -0.4 is 9.80 Å². The molecule has 172 valence electrons. The minimum absolute atomic E-state index is 0.0113. The van der Waals surface area contributed by atoms with Gasteiger partial charge in [-0.25, -0.2) is 0 Å². The number of carbonyl (C=O) groups excluding carboxylic acids is 1. The van der Waals surface area contributed by atoms with Gasteiger partial charge in [0.1, 0.15) is 5.52 Å². The highest BCUT2D eigenvalue weighted by atomic mass is 16.4. The molecule has 4 aromatic rings. The van der Waals surface area contributed by atoms with E-state index in [1.807, 2.05) is 35.4 Å². The van der Waals surface area contributed by atoms with Gasteiger partial charge in [-0.05, 0) is 68.4 Å². The highest BCUT2D eigenvalue weighted by Gasteiger charge is 2.37. The number of hydrogen-bond acceptors (Lipinski definition) is 5. The normalized spacial score (nSPS) is 20.1. The molecule has 0 saturated heterocycles. The Kier molecular flexibility index (Phi) is 4.34. The van der Waals surface area contributed by atoms with Crippen LogP contribution in [0.15, 0.2) is 59.3 Å². The van der Waals surface area contributed by atoms with Crippen molar-refractivity contribution in [3.63, 3.8) is 0 Å². The van der Waals surface area contributed by atoms with E-state index in [1.54, 1.807) is 0 Å². The summed E-state index contributed by atoms with van der Waals surface area (Å²) in [7, 11) is 0. The van der Waals surface area contributed by atoms with Crippen LogP contribution in [-0.4, -0.2) is 33.3 Å². The van der Waals surface area contributed by atoms with Crippen molar-refractivity contribution in [2.75, 3.05) is 16.3 Å². The van der Waals surface area contributed by atoms with Gasteiger partial charge >= 0.3 is 6.01 Å². The van der Waals surface area contributed by atoms with Crippen LogP contribution in [0.1, 0.15) is 45.1 Å². The lowest BCUT2D eigenvalue weighted by atomic mass is 10.0. The summed E-state index contributed by atoms with van der Waals surface area (Å²) in [5.41, 5.74) is 5.63. The number of nitrogens with zero attached hydrogens (tertiary/aromatic N) is 5. The van der Waals surface area contributed by atoms with Crippen molar-refractivity contribution in [3.05, 3.63) is 54.9 Å². The van der Waals surface area contributed by atoms with Crippen molar-refractivity contribution in [1.82, 2.24) is 14.8 Å². The molecule has 3 aliphatic rings. The van der Waals surface area contributed by atoms with Crippen LogP contribution >= 0.6 is 0 Å². The summed E-state index contributed by atoms with van der Waals surface area (Å²) in [6, 6.07) is 15.3. The van der Waals surface area contributed by atoms with Gasteiger partial charge in [0.15, 0.2) is 5.58 Å². The zero-order valence-electron chi connectivity index (χ0n) is 19.2. The smallest absolute Gasteiger partial charge is 0.303 e. The number of rotatable bonds is 5. The second kappa shape index (κ2) is 7.45. The molecule has 34 heavy (non-hydrogen) atoms. The van der Waals surface area contributed by atoms with Gasteiger partial charge in [0.05, 0.1) is 29.7 Å². The first-order chi connectivity index (χ1) is 16.6. The van der Waals surface area contributed by atoms with Crippen LogP contribution in [0.5, 0.6) is 0 Å². The van der Waals surface area contributed by atoms with E-state index in [4.69, 9.17) is 9.40 Å². The first-order valence-corrected chi connectivity index (χ1v) is 12.3. The number of para-hydroxylation sites is 2. The second-order valence-corrected chi connectivity index (χ2v) is 9.98. The first-order valence-electron chi connectivity index (χ1n) is 12.3. The van der Waals surface area contributed by atoms with Gasteiger partial charge in [0, 0.05) is 24.7 Å². The molecule has 0 bridgehead atoms. The van der Waals surface area contributed by atoms with E-state index in [-0.39, 0.29) is 11.9 Å². The molecule has 1 amide bonds. The molecule has 0 spiro atoms. The molecule has 1 aliphatic heterocycles. The third-order valence-electron chi connectivity index (χ3n) is 7.21. The second-order valence-electron chi connectivity index (χ2n) is 9.98. The van der Waals surface area contributed by atoms with Gasteiger partial charge in [-0.2, -0.15) is 10.1 Å². The summed E-state index contributed by atoms with van der Waals surface area (Å²) in [4.78, 5) is 22.2. The zero-order valence-corrected chi connectivity index (χ0v) is 19.2. The largest absolute Gasteiger partial charge is 0.423 e. The molecule has 3 heterocycles. The van der Waals surface area contributed by atoms with Gasteiger partial charge in [-0.15, -0.1) is 0 Å². The molecule has 2 aromatic heterocycles. The fourth-order valence-electron chi connectivity index (χ4n) is 5.03. The average molecular weight is 454 g/mol. The van der Waals surface area contributed by atoms with Gasteiger partial charge in [0.2, 0.25) is 5.91 Å². The monoisotopic (exact) mass is 453 g/mol. The van der Waals surface area contributed by atoms with E-state index in [0.29, 0.717) is 30.9 Å². The molecule has 0 unspecified atom stereocenters. The van der Waals surface area contributed by atoms with E-state index in [1.165, 1.54) is 25.7 Å². The Labute approximate surface area is 198 Å². The quantitative estimate of drug-likeness (QED) is 0.388. The van der Waals surface area contributed by atoms with Crippen molar-refractivity contribution in [2.45, 2.75) is 51.1 Å². The van der Waals surface area contributed by atoms with Crippen LogP contribution in [-0.2, 0) is 4.79 Å². The Balaban J connectivity index is 1.33. The van der Waals surface area contributed by atoms with Crippen LogP contribution in [0.3, 0.4) is 0 Å². The number of benzene rings is 2. The molecular formula is C27H27N5O2. The summed E-state index contributed by atoms with van der Waals surface area (Å²) < 4.78 is 8.24. The lowest BCUT2D eigenvalue weighted by molar-refractivity contribution is -0.119. The van der Waals surface area contributed by atoms with Crippen molar-refractivity contribution in [3.8, 4) is 11.1 Å². The van der Waals surface area contributed by atoms with Crippen LogP contribution in [0.25, 0.3) is 22.2 Å². The molecule has 7 nitrogen and oxygen atoms in total. The Morgan fingerprint density at radius 2 is 1.91 bits per heavy atom. The van der Waals surface area contributed by atoms with Crippen molar-refractivity contribution in [2.24, 2.45) is 5.92 Å². The first kappa shape index (κ1) is 19.8. The topological polar surface area (TPSA) is 67.4 Å². The minimum atomic E-state index is 0.0113. The molecule has 0 N–H and O–H groups in total. The maximum absolute atomic E-state index is 13.3. The summed E-state index contributed by atoms with van der Waals surface area (Å²) in [5, 5.41) is 4.58. The van der Waals surface area contributed by atoms with E-state index < -0.39 is 0 Å². The van der Waals surface area contributed by atoms with Gasteiger partial charge in [-0.1, -0.05) is 18.2 Å². The lowest BCUT2D eigenvalue weighted by Gasteiger charge is -2.40. The highest BCUT2D eigenvalue weighted by molar-refractivity contribution is 6.00. The fourth-order valence-corrected chi connectivity index (χ4v) is 5.03. The Bertz CT molecular complexity index is 1360. The summed E-state index contributed by atoms with van der Waals surface area (Å²) in [6.45, 7) is 2.73. The lowest BCUT2D eigenvalue weighted by Crippen LogP contribution is -2.49. The third-order valence-corrected chi connectivity index (χ3v) is 7.21. The number of amides is 1. The number of anilines is 3. The Morgan fingerprint density at radius 3 is 2.71 bits per heavy atom. The van der Waals surface area contributed by atoms with Gasteiger partial charge < -0.3 is 9.32 Å². The summed E-state index contributed by atoms with van der Waals surface area (Å²) >= 11 is 0. The number of hydrogen-bond donors (Lipinski definition) is 0. The van der Waals surface area contributed by atoms with Crippen molar-refractivity contribution < 1.29 is 9.21 Å². The van der Waals surface area contributed by atoms with Crippen LogP contribution in [0, 0.1) is 5.92 Å². The standard InChI is InChI=1S/C27H27N5O2/c1-17-15-30(27-29-22-4-2-3-5-25(22)34-27)24-13-19(20-14-28-31(16-20)21-9-10-21)8-11-23(24)32(17)26(33)12-18-6-7-18/h2-5,8,11,13-14,16-18,21H,6-7,9-10,12,15H2,1H3/t17-/m0/s1. The Morgan fingerprint density at radius 1 is 1.06 bits per heavy atom. The summed E-state index contributed by atoms with van der Waals surface area (Å²) in [6.07, 6.45) is 9.43. The third kappa shape index (κ3) is 3.38. The maximum atomic E-state index is 13.3. The van der Waals surface area contributed by atoms with Crippen molar-refractivity contribution >= 4 is 34.4 Å². The van der Waals surface area contributed by atoms with Crippen molar-refractivity contribution in [1.29, 1.82) is 0 Å². The van der Waals surface area contributed by atoms with Crippen LogP contribution in [0.4, 0.5) is 17.4 Å². The molecule has 1 atom stereocenters. The average Bonchev–Trinajstić information content (AvgIpc) is 3.76. The maximum Gasteiger partial charge on any atom is 0.303 e. The SMILES string of the molecule is C[C@H]1CN(c2nc3ccccc3o2)c2cc(-c3cnn(C4CC4)c3)ccc2N1C(=O)CC1CC1. The molecular weight excluding hydrogens is 426 g/mol. The minimum Gasteiger partial charge on any atom is -0.423 e. The van der Waals surface area contributed by atoms with E-state index in [0.717, 1.165) is 33.6 Å². The fraction of sp³-hybridized carbons (Fsp3) is 0.370. The highest BCUT2D eigenvalue weighted by Crippen LogP contribution is 2.44. The predicted molar refractivity (Wildman–Crippen MR) is 131 cm³/mol. The number of oxazole rings is 1. The molecule has 0 radical (unpaired) electrons. The molecule has 7 rings (SSSR count). The molecule has 2 aromatic carbocycles. The number of carbonyl (C=O) groups is 1. The Hall–Kier alpha value is -3.61. The van der Waals surface area contributed by atoms with Gasteiger partial charge in [-0.3, -0.25) is 14.4 Å². The van der Waals surface area contributed by atoms with E-state index in [2.05, 4.69) is 46.0 Å². The zero-order chi connectivity index (χ0) is 22.8. The molecule has 2 aliphatic carbocycles. The van der Waals surface area contributed by atoms with E-state index >= 15 is 0 Å². The van der Waals surface area contributed by atoms with E-state index in [9.17, 15) is 4.79 Å². The van der Waals surface area contributed by atoms with Crippen LogP contribution in [0.2, 0.25) is 0 Å². The molecule has 2 fully saturated rings. The van der Waals surface area contributed by atoms with Gasteiger partial charge in [0.25, 0.3) is 0 Å². The number of aromatic nitrogens is 3. The molecule has 7 heteroatoms.